The van der Waals surface area contributed by atoms with Gasteiger partial charge in [-0.15, -0.1) is 0 Å². The number of amides is 1. The van der Waals surface area contributed by atoms with Gasteiger partial charge < -0.3 is 9.84 Å². The number of carboxylic acid groups (broad SMARTS) is 1. The van der Waals surface area contributed by atoms with E-state index in [4.69, 9.17) is 9.84 Å². The Labute approximate surface area is 143 Å². The van der Waals surface area contributed by atoms with Gasteiger partial charge in [-0.1, -0.05) is 0 Å². The number of hydrogen-bond acceptors (Lipinski definition) is 5. The van der Waals surface area contributed by atoms with Crippen molar-refractivity contribution in [3.8, 4) is 5.75 Å². The Morgan fingerprint density at radius 2 is 1.84 bits per heavy atom. The van der Waals surface area contributed by atoms with Crippen LogP contribution in [0.1, 0.15) is 46.4 Å². The minimum absolute atomic E-state index is 0.143. The second-order valence-corrected chi connectivity index (χ2v) is 7.66. The lowest BCUT2D eigenvalue weighted by molar-refractivity contribution is 0.0690. The number of hydrogen-bond donors (Lipinski definition) is 2. The highest BCUT2D eigenvalue weighted by Crippen LogP contribution is 2.31. The van der Waals surface area contributed by atoms with Crippen molar-refractivity contribution in [1.82, 2.24) is 9.03 Å². The van der Waals surface area contributed by atoms with E-state index in [1.807, 2.05) is 4.72 Å². The maximum absolute atomic E-state index is 14.0. The molecular formula is C15H17FN2O6S. The number of carbonyl (C=O) groups is 2. The van der Waals surface area contributed by atoms with Gasteiger partial charge in [0.15, 0.2) is 0 Å². The second kappa shape index (κ2) is 6.60. The Balaban J connectivity index is 1.90. The maximum atomic E-state index is 14.0. The molecule has 2 N–H and O–H groups in total. The van der Waals surface area contributed by atoms with Crippen LogP contribution >= 0.6 is 0 Å². The lowest BCUT2D eigenvalue weighted by Gasteiger charge is -2.17. The summed E-state index contributed by atoms with van der Waals surface area (Å²) >= 11 is 0. The molecule has 136 valence electrons. The Morgan fingerprint density at radius 3 is 2.40 bits per heavy atom. The van der Waals surface area contributed by atoms with Gasteiger partial charge in [0.1, 0.15) is 11.6 Å². The monoisotopic (exact) mass is 372 g/mol. The number of aromatic carboxylic acids is 1. The average molecular weight is 372 g/mol. The zero-order valence-electron chi connectivity index (χ0n) is 13.2. The van der Waals surface area contributed by atoms with Gasteiger partial charge in [-0.05, 0) is 37.8 Å². The highest BCUT2D eigenvalue weighted by atomic mass is 32.2. The summed E-state index contributed by atoms with van der Waals surface area (Å²) in [6.45, 7) is 0.612. The van der Waals surface area contributed by atoms with Crippen LogP contribution in [0, 0.1) is 5.82 Å². The first-order chi connectivity index (χ1) is 11.8. The highest BCUT2D eigenvalue weighted by Gasteiger charge is 2.31. The van der Waals surface area contributed by atoms with Crippen molar-refractivity contribution < 1.29 is 32.2 Å². The third kappa shape index (κ3) is 3.90. The van der Waals surface area contributed by atoms with Crippen molar-refractivity contribution in [2.75, 3.05) is 13.1 Å². The van der Waals surface area contributed by atoms with E-state index < -0.39 is 33.5 Å². The number of ether oxygens (including phenoxy) is 1. The van der Waals surface area contributed by atoms with E-state index in [1.54, 1.807) is 0 Å². The first-order valence-corrected chi connectivity index (χ1v) is 9.27. The predicted octanol–water partition coefficient (Wildman–Crippen LogP) is 1.14. The molecule has 2 aliphatic rings. The molecule has 1 amide bonds. The normalized spacial score (nSPS) is 18.1. The first kappa shape index (κ1) is 17.6. The molecule has 1 saturated carbocycles. The number of carbonyl (C=O) groups excluding carboxylic acids is 1. The smallest absolute Gasteiger partial charge is 0.338 e. The molecule has 0 radical (unpaired) electrons. The molecule has 1 aliphatic carbocycles. The summed E-state index contributed by atoms with van der Waals surface area (Å²) in [7, 11) is -4.04. The fourth-order valence-electron chi connectivity index (χ4n) is 2.52. The highest BCUT2D eigenvalue weighted by molar-refractivity contribution is 7.87. The standard InChI is InChI=1S/C15H17FN2O6S/c16-12-7-11(13(24-9-3-4-9)8-10(12)15(20)21)14(19)17-25(22,23)18-5-1-2-6-18/h7-9H,1-6H2,(H,17,19)(H,20,21). The van der Waals surface area contributed by atoms with Crippen LogP contribution in [0.15, 0.2) is 12.1 Å². The SMILES string of the molecule is O=C(O)c1cc(OC2CC2)c(C(=O)NS(=O)(=O)N2CCCC2)cc1F. The Hall–Kier alpha value is -2.20. The molecule has 0 aromatic heterocycles. The number of benzene rings is 1. The van der Waals surface area contributed by atoms with Crippen LogP contribution in [0.5, 0.6) is 5.75 Å². The Bertz CT molecular complexity index is 816. The van der Waals surface area contributed by atoms with E-state index in [0.29, 0.717) is 32.0 Å². The van der Waals surface area contributed by atoms with E-state index >= 15 is 0 Å². The van der Waals surface area contributed by atoms with Crippen molar-refractivity contribution in [2.45, 2.75) is 31.8 Å². The van der Waals surface area contributed by atoms with E-state index in [-0.39, 0.29) is 17.4 Å². The molecule has 0 spiro atoms. The van der Waals surface area contributed by atoms with Gasteiger partial charge in [-0.25, -0.2) is 13.9 Å². The van der Waals surface area contributed by atoms with Crippen LogP contribution in [0.25, 0.3) is 0 Å². The number of carboxylic acids is 1. The van der Waals surface area contributed by atoms with Crippen molar-refractivity contribution in [3.05, 3.63) is 29.1 Å². The summed E-state index contributed by atoms with van der Waals surface area (Å²) in [4.78, 5) is 23.4. The Morgan fingerprint density at radius 1 is 1.20 bits per heavy atom. The van der Waals surface area contributed by atoms with Crippen LogP contribution in [0.4, 0.5) is 4.39 Å². The molecule has 0 unspecified atom stereocenters. The molecule has 3 rings (SSSR count). The van der Waals surface area contributed by atoms with Crippen LogP contribution in [0.2, 0.25) is 0 Å². The first-order valence-electron chi connectivity index (χ1n) is 7.83. The summed E-state index contributed by atoms with van der Waals surface area (Å²) in [6.07, 6.45) is 2.67. The molecule has 1 aliphatic heterocycles. The number of halogens is 1. The van der Waals surface area contributed by atoms with E-state index in [1.165, 1.54) is 0 Å². The van der Waals surface area contributed by atoms with E-state index in [0.717, 1.165) is 23.2 Å². The molecule has 1 aromatic carbocycles. The quantitative estimate of drug-likeness (QED) is 0.774. The summed E-state index contributed by atoms with van der Waals surface area (Å²) in [5, 5.41) is 9.00. The molecule has 1 heterocycles. The summed E-state index contributed by atoms with van der Waals surface area (Å²) in [6, 6.07) is 1.60. The number of nitrogens with one attached hydrogen (secondary N) is 1. The predicted molar refractivity (Wildman–Crippen MR) is 84.2 cm³/mol. The fraction of sp³-hybridized carbons (Fsp3) is 0.467. The van der Waals surface area contributed by atoms with Crippen LogP contribution < -0.4 is 9.46 Å². The van der Waals surface area contributed by atoms with Crippen LogP contribution in [-0.2, 0) is 10.2 Å². The summed E-state index contributed by atoms with van der Waals surface area (Å²) in [5.74, 6) is -3.84. The van der Waals surface area contributed by atoms with Crippen molar-refractivity contribution in [2.24, 2.45) is 0 Å². The largest absolute Gasteiger partial charge is 0.490 e. The molecule has 1 aromatic rings. The Kier molecular flexibility index (Phi) is 4.65. The third-order valence-corrected chi connectivity index (χ3v) is 5.48. The molecule has 0 bridgehead atoms. The van der Waals surface area contributed by atoms with Gasteiger partial charge in [0.05, 0.1) is 17.2 Å². The fourth-order valence-corrected chi connectivity index (χ4v) is 3.74. The van der Waals surface area contributed by atoms with Gasteiger partial charge in [0, 0.05) is 13.1 Å². The maximum Gasteiger partial charge on any atom is 0.338 e. The van der Waals surface area contributed by atoms with Gasteiger partial charge in [0.2, 0.25) is 0 Å². The zero-order chi connectivity index (χ0) is 18.2. The lowest BCUT2D eigenvalue weighted by atomic mass is 10.1. The number of rotatable bonds is 6. The number of nitrogens with zero attached hydrogens (tertiary/aromatic N) is 1. The zero-order valence-corrected chi connectivity index (χ0v) is 14.0. The van der Waals surface area contributed by atoms with E-state index in [2.05, 4.69) is 0 Å². The summed E-state index contributed by atoms with van der Waals surface area (Å²) in [5.41, 5.74) is -0.994. The molecule has 1 saturated heterocycles. The van der Waals surface area contributed by atoms with Crippen molar-refractivity contribution in [3.63, 3.8) is 0 Å². The van der Waals surface area contributed by atoms with Gasteiger partial charge in [-0.2, -0.15) is 12.7 Å². The van der Waals surface area contributed by atoms with Gasteiger partial charge >= 0.3 is 16.2 Å². The van der Waals surface area contributed by atoms with Crippen molar-refractivity contribution >= 4 is 22.1 Å². The molecule has 0 atom stereocenters. The second-order valence-electron chi connectivity index (χ2n) is 5.99. The molecule has 8 nitrogen and oxygen atoms in total. The average Bonchev–Trinajstić information content (AvgIpc) is 3.15. The van der Waals surface area contributed by atoms with Crippen LogP contribution in [-0.4, -0.2) is 48.9 Å². The van der Waals surface area contributed by atoms with Gasteiger partial charge in [-0.3, -0.25) is 4.79 Å². The molecular weight excluding hydrogens is 355 g/mol. The van der Waals surface area contributed by atoms with Crippen LogP contribution in [0.3, 0.4) is 0 Å². The summed E-state index contributed by atoms with van der Waals surface area (Å²) < 4.78 is 46.8. The molecule has 25 heavy (non-hydrogen) atoms. The van der Waals surface area contributed by atoms with Crippen molar-refractivity contribution in [1.29, 1.82) is 0 Å². The topological polar surface area (TPSA) is 113 Å². The van der Waals surface area contributed by atoms with Gasteiger partial charge in [0.25, 0.3) is 5.91 Å². The minimum atomic E-state index is -4.04. The molecule has 10 heteroatoms. The molecule has 2 fully saturated rings. The van der Waals surface area contributed by atoms with E-state index in [9.17, 15) is 22.4 Å². The third-order valence-electron chi connectivity index (χ3n) is 3.99. The lowest BCUT2D eigenvalue weighted by Crippen LogP contribution is -2.42. The minimum Gasteiger partial charge on any atom is -0.490 e.